The van der Waals surface area contributed by atoms with Crippen molar-refractivity contribution < 1.29 is 9.53 Å². The maximum atomic E-state index is 11.6. The van der Waals surface area contributed by atoms with Gasteiger partial charge in [-0.25, -0.2) is 0 Å². The Labute approximate surface area is 150 Å². The number of nitrogens with zero attached hydrogens (tertiary/aromatic N) is 1. The summed E-state index contributed by atoms with van der Waals surface area (Å²) in [5.41, 5.74) is 7.87. The SMILES string of the molecule is C/C=C(C)\C(CCCN1CCOCC1)=C(/C)C(C)=O.CCC.CN. The monoisotopic (exact) mass is 340 g/mol. The molecule has 1 heterocycles. The van der Waals surface area contributed by atoms with Gasteiger partial charge in [-0.15, -0.1) is 0 Å². The molecule has 2 N–H and O–H groups in total. The molecule has 0 aromatic heterocycles. The predicted molar refractivity (Wildman–Crippen MR) is 105 cm³/mol. The topological polar surface area (TPSA) is 55.6 Å². The summed E-state index contributed by atoms with van der Waals surface area (Å²) in [5, 5.41) is 0. The van der Waals surface area contributed by atoms with Crippen molar-refractivity contribution in [3.63, 3.8) is 0 Å². The minimum atomic E-state index is 0.183. The number of ether oxygens (including phenoxy) is 1. The van der Waals surface area contributed by atoms with E-state index in [1.807, 2.05) is 13.8 Å². The number of carbonyl (C=O) groups is 1. The van der Waals surface area contributed by atoms with Gasteiger partial charge in [-0.2, -0.15) is 0 Å². The molecule has 0 aliphatic carbocycles. The predicted octanol–water partition coefficient (Wildman–Crippen LogP) is 3.96. The van der Waals surface area contributed by atoms with Gasteiger partial charge in [0.15, 0.2) is 5.78 Å². The van der Waals surface area contributed by atoms with Crippen molar-refractivity contribution in [2.75, 3.05) is 39.9 Å². The van der Waals surface area contributed by atoms with Crippen LogP contribution in [-0.2, 0) is 9.53 Å². The number of morpholine rings is 1. The van der Waals surface area contributed by atoms with E-state index in [1.54, 1.807) is 6.92 Å². The Bertz CT molecular complexity index is 381. The molecule has 1 aliphatic rings. The highest BCUT2D eigenvalue weighted by Gasteiger charge is 2.12. The number of allylic oxidation sites excluding steroid dienone is 4. The summed E-state index contributed by atoms with van der Waals surface area (Å²) in [4.78, 5) is 14.0. The summed E-state index contributed by atoms with van der Waals surface area (Å²) in [6, 6.07) is 0. The van der Waals surface area contributed by atoms with E-state index in [9.17, 15) is 4.79 Å². The molecule has 4 nitrogen and oxygen atoms in total. The molecule has 1 aliphatic heterocycles. The molecule has 0 aromatic rings. The Morgan fingerprint density at radius 2 is 1.62 bits per heavy atom. The Morgan fingerprint density at radius 3 is 2.04 bits per heavy atom. The molecule has 0 unspecified atom stereocenters. The average molecular weight is 341 g/mol. The van der Waals surface area contributed by atoms with Crippen LogP contribution in [0.25, 0.3) is 0 Å². The molecular formula is C20H40N2O2. The van der Waals surface area contributed by atoms with Gasteiger partial charge >= 0.3 is 0 Å². The number of rotatable bonds is 6. The summed E-state index contributed by atoms with van der Waals surface area (Å²) in [7, 11) is 1.50. The molecule has 0 bridgehead atoms. The van der Waals surface area contributed by atoms with Gasteiger partial charge in [0.25, 0.3) is 0 Å². The minimum absolute atomic E-state index is 0.183. The van der Waals surface area contributed by atoms with Crippen molar-refractivity contribution in [3.05, 3.63) is 22.8 Å². The average Bonchev–Trinajstić information content (AvgIpc) is 2.61. The fraction of sp³-hybridized carbons (Fsp3) is 0.750. The van der Waals surface area contributed by atoms with E-state index in [1.165, 1.54) is 24.6 Å². The van der Waals surface area contributed by atoms with Crippen molar-refractivity contribution in [2.24, 2.45) is 5.73 Å². The molecule has 0 radical (unpaired) electrons. The van der Waals surface area contributed by atoms with Gasteiger partial charge in [0.05, 0.1) is 13.2 Å². The first-order valence-electron chi connectivity index (χ1n) is 9.19. The van der Waals surface area contributed by atoms with Crippen molar-refractivity contribution in [2.45, 2.75) is 60.8 Å². The van der Waals surface area contributed by atoms with E-state index >= 15 is 0 Å². The van der Waals surface area contributed by atoms with E-state index in [-0.39, 0.29) is 5.78 Å². The molecular weight excluding hydrogens is 300 g/mol. The number of hydrogen-bond acceptors (Lipinski definition) is 4. The molecule has 4 heteroatoms. The number of Topliss-reactive ketones (excluding diaryl/α,β-unsaturated/α-hetero) is 1. The Morgan fingerprint density at radius 1 is 1.12 bits per heavy atom. The van der Waals surface area contributed by atoms with Crippen molar-refractivity contribution >= 4 is 5.78 Å². The Kier molecular flexibility index (Phi) is 17.8. The van der Waals surface area contributed by atoms with Gasteiger partial charge < -0.3 is 10.5 Å². The van der Waals surface area contributed by atoms with Crippen LogP contribution in [-0.4, -0.2) is 50.6 Å². The van der Waals surface area contributed by atoms with Gasteiger partial charge in [0, 0.05) is 13.1 Å². The number of nitrogens with two attached hydrogens (primary N) is 1. The van der Waals surface area contributed by atoms with Crippen LogP contribution >= 0.6 is 0 Å². The summed E-state index contributed by atoms with van der Waals surface area (Å²) in [5.74, 6) is 0.183. The van der Waals surface area contributed by atoms with Crippen LogP contribution in [0.15, 0.2) is 22.8 Å². The van der Waals surface area contributed by atoms with Crippen LogP contribution in [0.5, 0.6) is 0 Å². The third kappa shape index (κ3) is 11.5. The first-order chi connectivity index (χ1) is 11.5. The van der Waals surface area contributed by atoms with Crippen molar-refractivity contribution in [1.29, 1.82) is 0 Å². The molecule has 0 aromatic carbocycles. The Hall–Kier alpha value is -0.970. The first-order valence-corrected chi connectivity index (χ1v) is 9.19. The van der Waals surface area contributed by atoms with Crippen LogP contribution in [0, 0.1) is 0 Å². The van der Waals surface area contributed by atoms with Crippen LogP contribution < -0.4 is 5.73 Å². The lowest BCUT2D eigenvalue weighted by Gasteiger charge is -2.26. The number of ketones is 1. The lowest BCUT2D eigenvalue weighted by Crippen LogP contribution is -2.36. The second kappa shape index (κ2) is 16.9. The second-order valence-electron chi connectivity index (χ2n) is 5.90. The molecule has 1 saturated heterocycles. The molecule has 0 atom stereocenters. The third-order valence-electron chi connectivity index (χ3n) is 3.89. The highest BCUT2D eigenvalue weighted by molar-refractivity contribution is 5.94. The van der Waals surface area contributed by atoms with Crippen molar-refractivity contribution in [3.8, 4) is 0 Å². The summed E-state index contributed by atoms with van der Waals surface area (Å²) in [6.45, 7) is 16.8. The number of carbonyl (C=O) groups excluding carboxylic acids is 1. The zero-order chi connectivity index (χ0) is 19.0. The summed E-state index contributed by atoms with van der Waals surface area (Å²) >= 11 is 0. The zero-order valence-electron chi connectivity index (χ0n) is 17.1. The van der Waals surface area contributed by atoms with Crippen LogP contribution in [0.2, 0.25) is 0 Å². The van der Waals surface area contributed by atoms with Crippen LogP contribution in [0.4, 0.5) is 0 Å². The number of hydrogen-bond donors (Lipinski definition) is 1. The van der Waals surface area contributed by atoms with Gasteiger partial charge in [-0.05, 0) is 65.3 Å². The minimum Gasteiger partial charge on any atom is -0.379 e. The summed E-state index contributed by atoms with van der Waals surface area (Å²) < 4.78 is 5.35. The summed E-state index contributed by atoms with van der Waals surface area (Å²) in [6.07, 6.45) is 5.43. The molecule has 1 rings (SSSR count). The van der Waals surface area contributed by atoms with Gasteiger partial charge in [-0.3, -0.25) is 9.69 Å². The van der Waals surface area contributed by atoms with E-state index in [0.717, 1.165) is 51.3 Å². The lowest BCUT2D eigenvalue weighted by molar-refractivity contribution is -0.113. The normalized spacial score (nSPS) is 16.2. The van der Waals surface area contributed by atoms with Gasteiger partial charge in [-0.1, -0.05) is 31.9 Å². The fourth-order valence-corrected chi connectivity index (χ4v) is 2.37. The smallest absolute Gasteiger partial charge is 0.155 e. The maximum absolute atomic E-state index is 11.6. The van der Waals surface area contributed by atoms with E-state index in [2.05, 4.69) is 37.5 Å². The standard InChI is InChI=1S/C16H27NO2.C3H8.CH5N/c1-5-13(2)16(14(3)15(4)18)7-6-8-17-9-11-19-12-10-17;1-3-2;1-2/h5H,6-12H2,1-4H3;3H2,1-2H3;2H2,1H3/b13-5-,16-14+;;. The molecule has 1 fully saturated rings. The molecule has 142 valence electrons. The fourth-order valence-electron chi connectivity index (χ4n) is 2.37. The Balaban J connectivity index is 0. The molecule has 0 saturated carbocycles. The van der Waals surface area contributed by atoms with Gasteiger partial charge in [0.1, 0.15) is 0 Å². The van der Waals surface area contributed by atoms with Crippen molar-refractivity contribution in [1.82, 2.24) is 4.90 Å². The zero-order valence-corrected chi connectivity index (χ0v) is 17.1. The third-order valence-corrected chi connectivity index (χ3v) is 3.89. The quantitative estimate of drug-likeness (QED) is 0.587. The lowest BCUT2D eigenvalue weighted by atomic mass is 9.95. The van der Waals surface area contributed by atoms with E-state index in [4.69, 9.17) is 4.74 Å². The van der Waals surface area contributed by atoms with Crippen LogP contribution in [0.3, 0.4) is 0 Å². The highest BCUT2D eigenvalue weighted by atomic mass is 16.5. The van der Waals surface area contributed by atoms with Crippen LogP contribution in [0.1, 0.15) is 60.8 Å². The first kappa shape index (κ1) is 25.3. The molecule has 0 spiro atoms. The molecule has 24 heavy (non-hydrogen) atoms. The largest absolute Gasteiger partial charge is 0.379 e. The highest BCUT2D eigenvalue weighted by Crippen LogP contribution is 2.21. The van der Waals surface area contributed by atoms with E-state index < -0.39 is 0 Å². The molecule has 0 amide bonds. The second-order valence-corrected chi connectivity index (χ2v) is 5.90. The maximum Gasteiger partial charge on any atom is 0.155 e. The van der Waals surface area contributed by atoms with E-state index in [0.29, 0.717) is 0 Å². The van der Waals surface area contributed by atoms with Gasteiger partial charge in [0.2, 0.25) is 0 Å².